The number of rotatable bonds is 8. The SMILES string of the molecule is Cc1ccc(OCCCCN2C(=O)COc3ccc(NC(=O)c4c(F)cccc4Cl)cc32)cc1. The van der Waals surface area contributed by atoms with Crippen LogP contribution in [0.4, 0.5) is 15.8 Å². The third kappa shape index (κ3) is 5.48. The van der Waals surface area contributed by atoms with Crippen LogP contribution in [0.1, 0.15) is 28.8 Å². The monoisotopic (exact) mass is 482 g/mol. The first kappa shape index (κ1) is 23.6. The first-order valence-electron chi connectivity index (χ1n) is 10.9. The fourth-order valence-electron chi connectivity index (χ4n) is 3.63. The Kier molecular flexibility index (Phi) is 7.33. The summed E-state index contributed by atoms with van der Waals surface area (Å²) in [5.74, 6) is -0.208. The van der Waals surface area contributed by atoms with E-state index in [1.54, 1.807) is 23.1 Å². The van der Waals surface area contributed by atoms with E-state index in [0.29, 0.717) is 30.3 Å². The van der Waals surface area contributed by atoms with Gasteiger partial charge in [-0.3, -0.25) is 9.59 Å². The van der Waals surface area contributed by atoms with Crippen molar-refractivity contribution in [1.29, 1.82) is 0 Å². The highest BCUT2D eigenvalue weighted by Crippen LogP contribution is 2.35. The van der Waals surface area contributed by atoms with Crippen molar-refractivity contribution in [3.05, 3.63) is 82.6 Å². The average molecular weight is 483 g/mol. The summed E-state index contributed by atoms with van der Waals surface area (Å²) in [5.41, 5.74) is 1.88. The first-order valence-corrected chi connectivity index (χ1v) is 11.3. The lowest BCUT2D eigenvalue weighted by Crippen LogP contribution is -2.39. The van der Waals surface area contributed by atoms with Crippen molar-refractivity contribution in [2.45, 2.75) is 19.8 Å². The second-order valence-corrected chi connectivity index (χ2v) is 8.34. The summed E-state index contributed by atoms with van der Waals surface area (Å²) in [6.45, 7) is 2.98. The predicted octanol–water partition coefficient (Wildman–Crippen LogP) is 5.62. The lowest BCUT2D eigenvalue weighted by molar-refractivity contribution is -0.121. The number of hydrogen-bond donors (Lipinski definition) is 1. The molecule has 0 spiro atoms. The topological polar surface area (TPSA) is 67.9 Å². The summed E-state index contributed by atoms with van der Waals surface area (Å²) in [4.78, 5) is 26.8. The van der Waals surface area contributed by atoms with E-state index in [1.165, 1.54) is 23.8 Å². The van der Waals surface area contributed by atoms with Crippen LogP contribution in [0.25, 0.3) is 0 Å². The van der Waals surface area contributed by atoms with Crippen molar-refractivity contribution >= 4 is 34.8 Å². The van der Waals surface area contributed by atoms with E-state index in [-0.39, 0.29) is 23.1 Å². The molecule has 1 aliphatic heterocycles. The molecule has 0 bridgehead atoms. The molecule has 0 unspecified atom stereocenters. The number of fused-ring (bicyclic) bond motifs is 1. The van der Waals surface area contributed by atoms with E-state index >= 15 is 0 Å². The summed E-state index contributed by atoms with van der Waals surface area (Å²) in [6.07, 6.45) is 1.48. The molecule has 3 aromatic rings. The predicted molar refractivity (Wildman–Crippen MR) is 130 cm³/mol. The van der Waals surface area contributed by atoms with Crippen LogP contribution in [-0.2, 0) is 4.79 Å². The second-order valence-electron chi connectivity index (χ2n) is 7.94. The molecule has 1 heterocycles. The van der Waals surface area contributed by atoms with Crippen LogP contribution < -0.4 is 19.7 Å². The molecule has 0 aromatic heterocycles. The minimum Gasteiger partial charge on any atom is -0.494 e. The number of nitrogens with one attached hydrogen (secondary N) is 1. The first-order chi connectivity index (χ1) is 16.4. The van der Waals surface area contributed by atoms with Crippen molar-refractivity contribution in [3.63, 3.8) is 0 Å². The molecular formula is C26H24ClFN2O4. The lowest BCUT2D eigenvalue weighted by atomic mass is 10.1. The smallest absolute Gasteiger partial charge is 0.265 e. The summed E-state index contributed by atoms with van der Waals surface area (Å²) in [7, 11) is 0. The van der Waals surface area contributed by atoms with Gasteiger partial charge in [-0.05, 0) is 62.2 Å². The summed E-state index contributed by atoms with van der Waals surface area (Å²) >= 11 is 5.99. The maximum absolute atomic E-state index is 14.1. The molecule has 0 saturated heterocycles. The van der Waals surface area contributed by atoms with Crippen LogP contribution in [-0.4, -0.2) is 31.6 Å². The third-order valence-electron chi connectivity index (χ3n) is 5.42. The Labute approximate surface area is 202 Å². The minimum atomic E-state index is -0.712. The minimum absolute atomic E-state index is 0.0171. The van der Waals surface area contributed by atoms with Crippen LogP contribution in [0.15, 0.2) is 60.7 Å². The number of aryl methyl sites for hydroxylation is 1. The Balaban J connectivity index is 1.39. The highest BCUT2D eigenvalue weighted by molar-refractivity contribution is 6.34. The Morgan fingerprint density at radius 3 is 2.71 bits per heavy atom. The van der Waals surface area contributed by atoms with Crippen LogP contribution in [0.5, 0.6) is 11.5 Å². The molecule has 0 fully saturated rings. The van der Waals surface area contributed by atoms with E-state index in [4.69, 9.17) is 21.1 Å². The van der Waals surface area contributed by atoms with Gasteiger partial charge in [-0.2, -0.15) is 0 Å². The molecule has 0 aliphatic carbocycles. The van der Waals surface area contributed by atoms with Gasteiger partial charge in [0.2, 0.25) is 0 Å². The molecule has 3 aromatic carbocycles. The largest absolute Gasteiger partial charge is 0.494 e. The molecule has 0 radical (unpaired) electrons. The normalized spacial score (nSPS) is 12.7. The van der Waals surface area contributed by atoms with Crippen LogP contribution in [0.3, 0.4) is 0 Å². The number of ether oxygens (including phenoxy) is 2. The highest BCUT2D eigenvalue weighted by atomic mass is 35.5. The van der Waals surface area contributed by atoms with Crippen LogP contribution >= 0.6 is 11.6 Å². The molecule has 0 saturated carbocycles. The van der Waals surface area contributed by atoms with Crippen molar-refractivity contribution in [1.82, 2.24) is 0 Å². The summed E-state index contributed by atoms with van der Waals surface area (Å²) in [6, 6.07) is 16.9. The fourth-order valence-corrected chi connectivity index (χ4v) is 3.88. The van der Waals surface area contributed by atoms with Gasteiger partial charge in [0.05, 0.1) is 22.9 Å². The zero-order valence-electron chi connectivity index (χ0n) is 18.6. The lowest BCUT2D eigenvalue weighted by Gasteiger charge is -2.30. The van der Waals surface area contributed by atoms with Gasteiger partial charge in [0.15, 0.2) is 6.61 Å². The van der Waals surface area contributed by atoms with E-state index < -0.39 is 11.7 Å². The van der Waals surface area contributed by atoms with Gasteiger partial charge in [-0.1, -0.05) is 35.4 Å². The molecule has 0 atom stereocenters. The second kappa shape index (κ2) is 10.6. The molecule has 34 heavy (non-hydrogen) atoms. The molecule has 1 aliphatic rings. The maximum Gasteiger partial charge on any atom is 0.265 e. The Hall–Kier alpha value is -3.58. The molecular weight excluding hydrogens is 459 g/mol. The van der Waals surface area contributed by atoms with Gasteiger partial charge in [-0.25, -0.2) is 4.39 Å². The number of carbonyl (C=O) groups excluding carboxylic acids is 2. The third-order valence-corrected chi connectivity index (χ3v) is 5.73. The van der Waals surface area contributed by atoms with Crippen LogP contribution in [0, 0.1) is 12.7 Å². The number of halogens is 2. The van der Waals surface area contributed by atoms with Gasteiger partial charge in [-0.15, -0.1) is 0 Å². The zero-order valence-corrected chi connectivity index (χ0v) is 19.4. The number of benzene rings is 3. The van der Waals surface area contributed by atoms with Crippen molar-refractivity contribution in [3.8, 4) is 11.5 Å². The number of nitrogens with zero attached hydrogens (tertiary/aromatic N) is 1. The number of unbranched alkanes of at least 4 members (excludes halogenated alkanes) is 1. The molecule has 8 heteroatoms. The van der Waals surface area contributed by atoms with Gasteiger partial charge < -0.3 is 19.7 Å². The van der Waals surface area contributed by atoms with Gasteiger partial charge in [0.1, 0.15) is 17.3 Å². The molecule has 2 amide bonds. The maximum atomic E-state index is 14.1. The molecule has 4 rings (SSSR count). The number of anilines is 2. The van der Waals surface area contributed by atoms with Crippen molar-refractivity contribution in [2.24, 2.45) is 0 Å². The summed E-state index contributed by atoms with van der Waals surface area (Å²) in [5, 5.41) is 2.66. The van der Waals surface area contributed by atoms with Crippen LogP contribution in [0.2, 0.25) is 5.02 Å². The molecule has 176 valence electrons. The van der Waals surface area contributed by atoms with Crippen molar-refractivity contribution < 1.29 is 23.5 Å². The van der Waals surface area contributed by atoms with E-state index in [1.807, 2.05) is 31.2 Å². The Morgan fingerprint density at radius 1 is 1.15 bits per heavy atom. The van der Waals surface area contributed by atoms with Crippen molar-refractivity contribution in [2.75, 3.05) is 30.0 Å². The standard InChI is InChI=1S/C26H24ClFN2O4/c1-17-7-10-19(11-8-17)33-14-3-2-13-30-22-15-18(9-12-23(22)34-16-24(30)31)29-26(32)25-20(27)5-4-6-21(25)28/h4-12,15H,2-3,13-14,16H2,1H3,(H,29,32). The van der Waals surface area contributed by atoms with E-state index in [9.17, 15) is 14.0 Å². The highest BCUT2D eigenvalue weighted by Gasteiger charge is 2.26. The van der Waals surface area contributed by atoms with E-state index in [0.717, 1.165) is 18.6 Å². The number of carbonyl (C=O) groups is 2. The van der Waals surface area contributed by atoms with E-state index in [2.05, 4.69) is 5.32 Å². The van der Waals surface area contributed by atoms with Gasteiger partial charge >= 0.3 is 0 Å². The number of hydrogen-bond acceptors (Lipinski definition) is 4. The molecule has 6 nitrogen and oxygen atoms in total. The molecule has 1 N–H and O–H groups in total. The quantitative estimate of drug-likeness (QED) is 0.423. The average Bonchev–Trinajstić information content (AvgIpc) is 2.81. The van der Waals surface area contributed by atoms with Gasteiger partial charge in [0.25, 0.3) is 11.8 Å². The fraction of sp³-hybridized carbons (Fsp3) is 0.231. The number of amides is 2. The Bertz CT molecular complexity index is 1180. The Morgan fingerprint density at radius 2 is 1.94 bits per heavy atom. The van der Waals surface area contributed by atoms with Gasteiger partial charge in [0, 0.05) is 12.2 Å². The summed E-state index contributed by atoms with van der Waals surface area (Å²) < 4.78 is 25.4. The zero-order chi connectivity index (χ0) is 24.1.